The summed E-state index contributed by atoms with van der Waals surface area (Å²) in [7, 11) is 0. The standard InChI is InChI=1S/C18H15F5N2O4S2/c1-4-28-16(26)7-6(3)14(17(27)29-5-2)31-15(7)25-18(30)24-13-11(22)9(20)8(19)10(21)12(13)23/h4-5H2,1-3H3,(H2,24,25,30). The third-order valence-corrected chi connectivity index (χ3v) is 5.15. The molecule has 2 rings (SSSR count). The zero-order chi connectivity index (χ0) is 23.5. The fourth-order valence-electron chi connectivity index (χ4n) is 2.40. The van der Waals surface area contributed by atoms with E-state index in [2.05, 4.69) is 5.32 Å². The van der Waals surface area contributed by atoms with E-state index in [1.807, 2.05) is 5.32 Å². The number of halogens is 5. The number of ether oxygens (including phenoxy) is 2. The van der Waals surface area contributed by atoms with Crippen molar-refractivity contribution in [1.29, 1.82) is 0 Å². The number of thiophene rings is 1. The van der Waals surface area contributed by atoms with Gasteiger partial charge in [-0.15, -0.1) is 11.3 Å². The highest BCUT2D eigenvalue weighted by atomic mass is 32.1. The molecule has 31 heavy (non-hydrogen) atoms. The van der Waals surface area contributed by atoms with E-state index in [1.54, 1.807) is 13.8 Å². The second kappa shape index (κ2) is 10.0. The van der Waals surface area contributed by atoms with Crippen molar-refractivity contribution in [1.82, 2.24) is 0 Å². The van der Waals surface area contributed by atoms with Crippen LogP contribution in [-0.2, 0) is 9.47 Å². The molecule has 13 heteroatoms. The van der Waals surface area contributed by atoms with Crippen molar-refractivity contribution in [3.8, 4) is 0 Å². The Kier molecular flexibility index (Phi) is 7.90. The number of esters is 2. The summed E-state index contributed by atoms with van der Waals surface area (Å²) in [6, 6.07) is 0. The van der Waals surface area contributed by atoms with E-state index in [0.717, 1.165) is 11.3 Å². The molecule has 0 amide bonds. The average Bonchev–Trinajstić information content (AvgIpc) is 3.04. The second-order valence-electron chi connectivity index (χ2n) is 5.73. The van der Waals surface area contributed by atoms with Gasteiger partial charge in [0.2, 0.25) is 5.82 Å². The number of carbonyl (C=O) groups excluding carboxylic acids is 2. The average molecular weight is 482 g/mol. The van der Waals surface area contributed by atoms with Crippen LogP contribution in [0.5, 0.6) is 0 Å². The molecule has 0 saturated carbocycles. The molecule has 0 saturated heterocycles. The van der Waals surface area contributed by atoms with Crippen LogP contribution in [0, 0.1) is 36.0 Å². The normalized spacial score (nSPS) is 10.6. The van der Waals surface area contributed by atoms with Crippen molar-refractivity contribution in [3.63, 3.8) is 0 Å². The second-order valence-corrected chi connectivity index (χ2v) is 7.15. The molecule has 0 bridgehead atoms. The number of thiocarbonyl (C=S) groups is 1. The van der Waals surface area contributed by atoms with E-state index in [9.17, 15) is 31.5 Å². The largest absolute Gasteiger partial charge is 0.462 e. The Morgan fingerprint density at radius 2 is 1.35 bits per heavy atom. The maximum absolute atomic E-state index is 13.9. The number of carbonyl (C=O) groups is 2. The number of hydrogen-bond donors (Lipinski definition) is 2. The Morgan fingerprint density at radius 3 is 1.87 bits per heavy atom. The topological polar surface area (TPSA) is 76.7 Å². The fourth-order valence-corrected chi connectivity index (χ4v) is 3.77. The van der Waals surface area contributed by atoms with Gasteiger partial charge in [-0.1, -0.05) is 0 Å². The highest BCUT2D eigenvalue weighted by Gasteiger charge is 2.29. The smallest absolute Gasteiger partial charge is 0.348 e. The number of nitrogens with one attached hydrogen (secondary N) is 2. The van der Waals surface area contributed by atoms with Gasteiger partial charge < -0.3 is 20.1 Å². The van der Waals surface area contributed by atoms with E-state index in [-0.39, 0.29) is 34.2 Å². The molecule has 1 aromatic heterocycles. The number of anilines is 2. The van der Waals surface area contributed by atoms with Crippen molar-refractivity contribution >= 4 is 51.3 Å². The zero-order valence-corrected chi connectivity index (χ0v) is 17.9. The molecule has 0 unspecified atom stereocenters. The first-order valence-corrected chi connectivity index (χ1v) is 9.84. The summed E-state index contributed by atoms with van der Waals surface area (Å²) in [5, 5.41) is 3.64. The van der Waals surface area contributed by atoms with Crippen molar-refractivity contribution in [3.05, 3.63) is 45.1 Å². The first kappa shape index (κ1) is 24.5. The highest BCUT2D eigenvalue weighted by molar-refractivity contribution is 7.80. The van der Waals surface area contributed by atoms with Crippen LogP contribution in [0.25, 0.3) is 0 Å². The highest BCUT2D eigenvalue weighted by Crippen LogP contribution is 2.35. The van der Waals surface area contributed by atoms with Crippen LogP contribution in [0.2, 0.25) is 0 Å². The Balaban J connectivity index is 2.42. The summed E-state index contributed by atoms with van der Waals surface area (Å²) < 4.78 is 77.5. The predicted octanol–water partition coefficient (Wildman–Crippen LogP) is 4.91. The first-order chi connectivity index (χ1) is 14.5. The van der Waals surface area contributed by atoms with Gasteiger partial charge in [0, 0.05) is 0 Å². The van der Waals surface area contributed by atoms with Gasteiger partial charge in [0.25, 0.3) is 0 Å². The summed E-state index contributed by atoms with van der Waals surface area (Å²) in [4.78, 5) is 24.5. The minimum atomic E-state index is -2.32. The molecule has 2 aromatic rings. The van der Waals surface area contributed by atoms with Gasteiger partial charge in [-0.25, -0.2) is 31.5 Å². The maximum Gasteiger partial charge on any atom is 0.348 e. The quantitative estimate of drug-likeness (QED) is 0.199. The lowest BCUT2D eigenvalue weighted by atomic mass is 10.1. The lowest BCUT2D eigenvalue weighted by Crippen LogP contribution is -2.22. The van der Waals surface area contributed by atoms with Gasteiger partial charge >= 0.3 is 11.9 Å². The number of benzene rings is 1. The minimum absolute atomic E-state index is 0.00948. The molecule has 0 aliphatic carbocycles. The van der Waals surface area contributed by atoms with E-state index < -0.39 is 51.8 Å². The Morgan fingerprint density at radius 1 is 0.871 bits per heavy atom. The van der Waals surface area contributed by atoms with Crippen molar-refractivity contribution in [2.45, 2.75) is 20.8 Å². The fraction of sp³-hybridized carbons (Fsp3) is 0.278. The summed E-state index contributed by atoms with van der Waals surface area (Å²) >= 11 is 5.62. The lowest BCUT2D eigenvalue weighted by Gasteiger charge is -2.13. The van der Waals surface area contributed by atoms with Gasteiger partial charge in [0.05, 0.1) is 18.8 Å². The Labute approximate surface area is 182 Å². The van der Waals surface area contributed by atoms with Crippen LogP contribution >= 0.6 is 23.6 Å². The number of hydrogen-bond acceptors (Lipinski definition) is 6. The van der Waals surface area contributed by atoms with Crippen LogP contribution in [-0.4, -0.2) is 30.3 Å². The summed E-state index contributed by atoms with van der Waals surface area (Å²) in [6.07, 6.45) is 0. The zero-order valence-electron chi connectivity index (χ0n) is 16.3. The van der Waals surface area contributed by atoms with Crippen LogP contribution in [0.1, 0.15) is 39.4 Å². The lowest BCUT2D eigenvalue weighted by molar-refractivity contribution is 0.0527. The van der Waals surface area contributed by atoms with Crippen LogP contribution in [0.4, 0.5) is 32.6 Å². The molecule has 168 valence electrons. The van der Waals surface area contributed by atoms with E-state index in [1.165, 1.54) is 6.92 Å². The summed E-state index contributed by atoms with van der Waals surface area (Å²) in [5.74, 6) is -12.4. The molecule has 0 aliphatic rings. The molecular weight excluding hydrogens is 467 g/mol. The molecule has 2 N–H and O–H groups in total. The minimum Gasteiger partial charge on any atom is -0.462 e. The van der Waals surface area contributed by atoms with E-state index in [0.29, 0.717) is 0 Å². The summed E-state index contributed by atoms with van der Waals surface area (Å²) in [5.41, 5.74) is -1.29. The molecule has 0 spiro atoms. The maximum atomic E-state index is 13.9. The monoisotopic (exact) mass is 482 g/mol. The van der Waals surface area contributed by atoms with Crippen molar-refractivity contribution < 1.29 is 41.0 Å². The Bertz CT molecular complexity index is 1030. The molecule has 0 fully saturated rings. The van der Waals surface area contributed by atoms with E-state index in [4.69, 9.17) is 21.7 Å². The van der Waals surface area contributed by atoms with Gasteiger partial charge in [-0.3, -0.25) is 0 Å². The van der Waals surface area contributed by atoms with Crippen molar-refractivity contribution in [2.75, 3.05) is 23.8 Å². The third-order valence-electron chi connectivity index (χ3n) is 3.76. The van der Waals surface area contributed by atoms with Gasteiger partial charge in [-0.2, -0.15) is 0 Å². The SMILES string of the molecule is CCOC(=O)c1sc(NC(=S)Nc2c(F)c(F)c(F)c(F)c2F)c(C(=O)OCC)c1C. The first-order valence-electron chi connectivity index (χ1n) is 8.62. The van der Waals surface area contributed by atoms with Gasteiger partial charge in [0.1, 0.15) is 15.6 Å². The van der Waals surface area contributed by atoms with Crippen LogP contribution in [0.15, 0.2) is 0 Å². The molecule has 1 aromatic carbocycles. The molecule has 1 heterocycles. The summed E-state index contributed by atoms with van der Waals surface area (Å²) in [6.45, 7) is 4.65. The van der Waals surface area contributed by atoms with Crippen molar-refractivity contribution in [2.24, 2.45) is 0 Å². The molecular formula is C18H15F5N2O4S2. The Hall–Kier alpha value is -2.80. The number of rotatable bonds is 6. The van der Waals surface area contributed by atoms with E-state index >= 15 is 0 Å². The molecule has 6 nitrogen and oxygen atoms in total. The third kappa shape index (κ3) is 4.93. The predicted molar refractivity (Wildman–Crippen MR) is 107 cm³/mol. The molecule has 0 radical (unpaired) electrons. The molecule has 0 atom stereocenters. The van der Waals surface area contributed by atoms with Crippen LogP contribution < -0.4 is 10.6 Å². The van der Waals surface area contributed by atoms with Crippen LogP contribution in [0.3, 0.4) is 0 Å². The van der Waals surface area contributed by atoms with Gasteiger partial charge in [-0.05, 0) is 38.6 Å². The van der Waals surface area contributed by atoms with Gasteiger partial charge in [0.15, 0.2) is 28.4 Å². The molecule has 0 aliphatic heterocycles.